The minimum atomic E-state index is -0.0144. The van der Waals surface area contributed by atoms with Crippen molar-refractivity contribution in [1.29, 1.82) is 0 Å². The quantitative estimate of drug-likeness (QED) is 0.659. The van der Waals surface area contributed by atoms with Gasteiger partial charge in [0, 0.05) is 24.2 Å². The van der Waals surface area contributed by atoms with Gasteiger partial charge in [0.1, 0.15) is 0 Å². The third-order valence-electron chi connectivity index (χ3n) is 5.69. The Hall–Kier alpha value is -3.17. The normalized spacial score (nSPS) is 17.3. The van der Waals surface area contributed by atoms with Crippen LogP contribution in [0, 0.1) is 0 Å². The standard InChI is InChI=1S/C25H22N2O/c1-27-13-12-19-20(18-10-6-3-7-11-18)15-21-22(14-17-8-4-2-5-9-17)25(28)26-24(21)23(19)16-27/h2-11,14-15H,12-13,16H2,1H3,(H,26,28)/b22-14+. The molecule has 0 aliphatic carbocycles. The predicted molar refractivity (Wildman–Crippen MR) is 115 cm³/mol. The minimum absolute atomic E-state index is 0.0144. The Morgan fingerprint density at radius 2 is 1.64 bits per heavy atom. The number of fused-ring (bicyclic) bond motifs is 3. The number of hydrogen-bond donors (Lipinski definition) is 1. The number of rotatable bonds is 2. The average molecular weight is 366 g/mol. The summed E-state index contributed by atoms with van der Waals surface area (Å²) in [6, 6.07) is 22.8. The van der Waals surface area contributed by atoms with Crippen LogP contribution in [0.2, 0.25) is 0 Å². The largest absolute Gasteiger partial charge is 0.321 e. The summed E-state index contributed by atoms with van der Waals surface area (Å²) < 4.78 is 0. The van der Waals surface area contributed by atoms with Crippen LogP contribution in [0.4, 0.5) is 5.69 Å². The zero-order valence-electron chi connectivity index (χ0n) is 15.9. The number of carbonyl (C=O) groups is 1. The first-order valence-electron chi connectivity index (χ1n) is 9.72. The Balaban J connectivity index is 1.74. The van der Waals surface area contributed by atoms with E-state index in [0.29, 0.717) is 0 Å². The molecule has 3 heteroatoms. The van der Waals surface area contributed by atoms with Crippen LogP contribution < -0.4 is 5.32 Å². The van der Waals surface area contributed by atoms with Gasteiger partial charge in [-0.1, -0.05) is 60.7 Å². The van der Waals surface area contributed by atoms with Crippen molar-refractivity contribution in [2.45, 2.75) is 13.0 Å². The number of amides is 1. The van der Waals surface area contributed by atoms with Gasteiger partial charge in [-0.3, -0.25) is 4.79 Å². The van der Waals surface area contributed by atoms with Crippen LogP contribution in [0.3, 0.4) is 0 Å². The van der Waals surface area contributed by atoms with Gasteiger partial charge in [-0.2, -0.15) is 0 Å². The second-order valence-electron chi connectivity index (χ2n) is 7.58. The van der Waals surface area contributed by atoms with Crippen LogP contribution in [0.15, 0.2) is 66.7 Å². The summed E-state index contributed by atoms with van der Waals surface area (Å²) in [5.41, 5.74) is 8.88. The summed E-state index contributed by atoms with van der Waals surface area (Å²) in [4.78, 5) is 15.2. The fraction of sp³-hybridized carbons (Fsp3) is 0.160. The molecule has 0 saturated carbocycles. The molecule has 0 bridgehead atoms. The van der Waals surface area contributed by atoms with E-state index in [0.717, 1.165) is 41.9 Å². The van der Waals surface area contributed by atoms with E-state index in [9.17, 15) is 4.79 Å². The van der Waals surface area contributed by atoms with Gasteiger partial charge in [-0.05, 0) is 53.4 Å². The summed E-state index contributed by atoms with van der Waals surface area (Å²) >= 11 is 0. The molecule has 2 heterocycles. The molecule has 0 unspecified atom stereocenters. The van der Waals surface area contributed by atoms with E-state index in [1.165, 1.54) is 22.3 Å². The van der Waals surface area contributed by atoms with Crippen LogP contribution >= 0.6 is 0 Å². The van der Waals surface area contributed by atoms with Gasteiger partial charge < -0.3 is 10.2 Å². The molecular formula is C25H22N2O. The molecule has 0 spiro atoms. The first kappa shape index (κ1) is 17.0. The van der Waals surface area contributed by atoms with Crippen LogP contribution in [0.5, 0.6) is 0 Å². The Morgan fingerprint density at radius 1 is 0.929 bits per heavy atom. The third kappa shape index (κ3) is 2.85. The highest BCUT2D eigenvalue weighted by atomic mass is 16.2. The lowest BCUT2D eigenvalue weighted by atomic mass is 9.86. The number of likely N-dealkylation sites (N-methyl/N-ethyl adjacent to an activating group) is 1. The molecule has 0 atom stereocenters. The summed E-state index contributed by atoms with van der Waals surface area (Å²) in [7, 11) is 2.14. The van der Waals surface area contributed by atoms with Crippen LogP contribution in [-0.2, 0) is 17.8 Å². The van der Waals surface area contributed by atoms with Crippen LogP contribution in [0.1, 0.15) is 22.3 Å². The van der Waals surface area contributed by atoms with E-state index in [4.69, 9.17) is 0 Å². The highest BCUT2D eigenvalue weighted by molar-refractivity contribution is 6.35. The number of benzene rings is 3. The van der Waals surface area contributed by atoms with E-state index < -0.39 is 0 Å². The fourth-order valence-electron chi connectivity index (χ4n) is 4.28. The molecule has 28 heavy (non-hydrogen) atoms. The van der Waals surface area contributed by atoms with E-state index in [1.807, 2.05) is 42.5 Å². The maximum atomic E-state index is 12.9. The number of carbonyl (C=O) groups excluding carboxylic acids is 1. The molecule has 0 saturated heterocycles. The molecule has 1 amide bonds. The molecule has 0 fully saturated rings. The van der Waals surface area contributed by atoms with E-state index >= 15 is 0 Å². The highest BCUT2D eigenvalue weighted by Crippen LogP contribution is 2.43. The monoisotopic (exact) mass is 366 g/mol. The van der Waals surface area contributed by atoms with Gasteiger partial charge in [0.25, 0.3) is 5.91 Å². The molecule has 3 aromatic rings. The molecule has 3 aromatic carbocycles. The lowest BCUT2D eigenvalue weighted by Crippen LogP contribution is -2.27. The first-order valence-corrected chi connectivity index (χ1v) is 9.72. The Labute approximate surface area is 165 Å². The van der Waals surface area contributed by atoms with Gasteiger partial charge in [0.2, 0.25) is 0 Å². The van der Waals surface area contributed by atoms with Crippen molar-refractivity contribution >= 4 is 23.2 Å². The summed E-state index contributed by atoms with van der Waals surface area (Å²) in [5, 5.41) is 3.16. The van der Waals surface area contributed by atoms with Crippen molar-refractivity contribution in [3.05, 3.63) is 89.0 Å². The molecule has 1 N–H and O–H groups in total. The fourth-order valence-corrected chi connectivity index (χ4v) is 4.28. The predicted octanol–water partition coefficient (Wildman–Crippen LogP) is 4.83. The van der Waals surface area contributed by atoms with Gasteiger partial charge in [0.05, 0.1) is 5.69 Å². The third-order valence-corrected chi connectivity index (χ3v) is 5.69. The van der Waals surface area contributed by atoms with Crippen molar-refractivity contribution in [2.24, 2.45) is 0 Å². The topological polar surface area (TPSA) is 32.3 Å². The Bertz CT molecular complexity index is 1080. The lowest BCUT2D eigenvalue weighted by molar-refractivity contribution is -0.110. The van der Waals surface area contributed by atoms with Gasteiger partial charge in [-0.25, -0.2) is 0 Å². The second-order valence-corrected chi connectivity index (χ2v) is 7.58. The van der Waals surface area contributed by atoms with E-state index in [2.05, 4.69) is 47.6 Å². The number of nitrogens with zero attached hydrogens (tertiary/aromatic N) is 1. The molecule has 2 aliphatic rings. The summed E-state index contributed by atoms with van der Waals surface area (Å²) in [6.07, 6.45) is 2.99. The average Bonchev–Trinajstić information content (AvgIpc) is 3.04. The zero-order chi connectivity index (χ0) is 19.1. The number of anilines is 1. The minimum Gasteiger partial charge on any atom is -0.321 e. The molecule has 2 aliphatic heterocycles. The maximum absolute atomic E-state index is 12.9. The summed E-state index contributed by atoms with van der Waals surface area (Å²) in [5.74, 6) is -0.0144. The van der Waals surface area contributed by atoms with Crippen LogP contribution in [0.25, 0.3) is 22.8 Å². The van der Waals surface area contributed by atoms with Crippen LogP contribution in [-0.4, -0.2) is 24.4 Å². The number of nitrogens with one attached hydrogen (secondary N) is 1. The zero-order valence-corrected chi connectivity index (χ0v) is 15.9. The highest BCUT2D eigenvalue weighted by Gasteiger charge is 2.31. The first-order chi connectivity index (χ1) is 13.7. The molecular weight excluding hydrogens is 344 g/mol. The van der Waals surface area contributed by atoms with Gasteiger partial charge in [0.15, 0.2) is 0 Å². The van der Waals surface area contributed by atoms with Crippen molar-refractivity contribution in [3.63, 3.8) is 0 Å². The van der Waals surface area contributed by atoms with E-state index in [-0.39, 0.29) is 5.91 Å². The van der Waals surface area contributed by atoms with Gasteiger partial charge >= 0.3 is 0 Å². The molecule has 138 valence electrons. The Morgan fingerprint density at radius 3 is 2.39 bits per heavy atom. The molecule has 3 nitrogen and oxygen atoms in total. The SMILES string of the molecule is CN1CCc2c(-c3ccccc3)cc3c(c2C1)NC(=O)/C3=C/c1ccccc1. The summed E-state index contributed by atoms with van der Waals surface area (Å²) in [6.45, 7) is 1.89. The lowest BCUT2D eigenvalue weighted by Gasteiger charge is -2.29. The smallest absolute Gasteiger partial charge is 0.256 e. The molecule has 0 aromatic heterocycles. The number of hydrogen-bond acceptors (Lipinski definition) is 2. The van der Waals surface area contributed by atoms with E-state index in [1.54, 1.807) is 0 Å². The molecule has 5 rings (SSSR count). The maximum Gasteiger partial charge on any atom is 0.256 e. The second kappa shape index (κ2) is 6.77. The van der Waals surface area contributed by atoms with Crippen molar-refractivity contribution in [3.8, 4) is 11.1 Å². The van der Waals surface area contributed by atoms with Crippen molar-refractivity contribution in [1.82, 2.24) is 4.90 Å². The Kier molecular flexibility index (Phi) is 4.10. The van der Waals surface area contributed by atoms with Crippen molar-refractivity contribution < 1.29 is 4.79 Å². The van der Waals surface area contributed by atoms with Crippen molar-refractivity contribution in [2.75, 3.05) is 18.9 Å². The molecule has 0 radical (unpaired) electrons. The van der Waals surface area contributed by atoms with Gasteiger partial charge in [-0.15, -0.1) is 0 Å².